The molecule has 5 nitrogen and oxygen atoms in total. The average Bonchev–Trinajstić information content (AvgIpc) is 2.41. The predicted octanol–water partition coefficient (Wildman–Crippen LogP) is 2.26. The van der Waals surface area contributed by atoms with Gasteiger partial charge in [0, 0.05) is 6.07 Å². The molecule has 1 aromatic rings. The molecule has 7 heteroatoms. The molecule has 110 valence electrons. The Labute approximate surface area is 121 Å². The molecule has 2 radical (unpaired) electrons. The van der Waals surface area contributed by atoms with Gasteiger partial charge in [-0.1, -0.05) is 5.46 Å². The second-order valence-corrected chi connectivity index (χ2v) is 6.06. The second kappa shape index (κ2) is 7.72. The molecule has 0 amide bonds. The van der Waals surface area contributed by atoms with Crippen LogP contribution < -0.4 is 14.9 Å². The Hall–Kier alpha value is -0.965. The molecule has 0 aliphatic carbocycles. The van der Waals surface area contributed by atoms with Gasteiger partial charge in [0.25, 0.3) is 0 Å². The van der Waals surface area contributed by atoms with E-state index in [-0.39, 0.29) is 6.16 Å². The van der Waals surface area contributed by atoms with Gasteiger partial charge in [-0.3, -0.25) is 4.57 Å². The Morgan fingerprint density at radius 1 is 1.10 bits per heavy atom. The highest BCUT2D eigenvalue weighted by atomic mass is 31.2. The Morgan fingerprint density at radius 3 is 2.15 bits per heavy atom. The van der Waals surface area contributed by atoms with Gasteiger partial charge in [0.15, 0.2) is 0 Å². The van der Waals surface area contributed by atoms with E-state index in [9.17, 15) is 4.57 Å². The van der Waals surface area contributed by atoms with E-state index in [0.717, 1.165) is 0 Å². The first kappa shape index (κ1) is 17.1. The smallest absolute Gasteiger partial charge is 0.334 e. The van der Waals surface area contributed by atoms with Gasteiger partial charge in [-0.2, -0.15) is 0 Å². The lowest BCUT2D eigenvalue weighted by molar-refractivity contribution is 0.219. The first-order chi connectivity index (χ1) is 9.49. The maximum atomic E-state index is 12.6. The zero-order valence-corrected chi connectivity index (χ0v) is 13.2. The van der Waals surface area contributed by atoms with Crippen molar-refractivity contribution < 1.29 is 23.1 Å². The molecule has 0 N–H and O–H groups in total. The largest absolute Gasteiger partial charge is 0.497 e. The minimum absolute atomic E-state index is 0.0775. The van der Waals surface area contributed by atoms with Crippen molar-refractivity contribution in [3.63, 3.8) is 0 Å². The van der Waals surface area contributed by atoms with E-state index in [1.807, 2.05) is 0 Å². The number of methoxy groups -OCH3 is 2. The number of hydrogen-bond acceptors (Lipinski definition) is 5. The molecule has 20 heavy (non-hydrogen) atoms. The van der Waals surface area contributed by atoms with E-state index in [1.54, 1.807) is 33.1 Å². The Balaban J connectivity index is 3.14. The maximum absolute atomic E-state index is 12.6. The monoisotopic (exact) mass is 298 g/mol. The molecule has 0 atom stereocenters. The highest BCUT2D eigenvalue weighted by Gasteiger charge is 2.26. The van der Waals surface area contributed by atoms with Crippen LogP contribution in [0, 0.1) is 0 Å². The fourth-order valence-electron chi connectivity index (χ4n) is 1.80. The summed E-state index contributed by atoms with van der Waals surface area (Å²) in [5.41, 5.74) is 1.03. The van der Waals surface area contributed by atoms with Gasteiger partial charge in [-0.25, -0.2) is 0 Å². The number of benzene rings is 1. The van der Waals surface area contributed by atoms with Crippen molar-refractivity contribution in [1.29, 1.82) is 0 Å². The van der Waals surface area contributed by atoms with E-state index in [1.165, 1.54) is 7.11 Å². The summed E-state index contributed by atoms with van der Waals surface area (Å²) in [5.74, 6) is 1.05. The zero-order valence-electron chi connectivity index (χ0n) is 12.3. The van der Waals surface area contributed by atoms with E-state index in [0.29, 0.717) is 35.7 Å². The van der Waals surface area contributed by atoms with Gasteiger partial charge in [0.2, 0.25) is 0 Å². The molecule has 0 saturated carbocycles. The highest BCUT2D eigenvalue weighted by molar-refractivity contribution is 7.53. The van der Waals surface area contributed by atoms with Crippen LogP contribution in [0.5, 0.6) is 11.5 Å². The molecule has 0 aliphatic rings. The third-order valence-electron chi connectivity index (χ3n) is 2.67. The molecule has 0 bridgehead atoms. The van der Waals surface area contributed by atoms with Crippen molar-refractivity contribution in [2.45, 2.75) is 20.0 Å². The van der Waals surface area contributed by atoms with Crippen LogP contribution >= 0.6 is 7.60 Å². The predicted molar refractivity (Wildman–Crippen MR) is 79.5 cm³/mol. The maximum Gasteiger partial charge on any atom is 0.334 e. The number of rotatable bonds is 8. The topological polar surface area (TPSA) is 54.0 Å². The summed E-state index contributed by atoms with van der Waals surface area (Å²) in [7, 11) is 5.84. The first-order valence-electron chi connectivity index (χ1n) is 6.38. The summed E-state index contributed by atoms with van der Waals surface area (Å²) < 4.78 is 33.5. The molecule has 1 aromatic carbocycles. The molecule has 0 saturated heterocycles. The fourth-order valence-corrected chi connectivity index (χ4v) is 3.53. The Kier molecular flexibility index (Phi) is 6.60. The molecular formula is C13H20BO5P. The highest BCUT2D eigenvalue weighted by Crippen LogP contribution is 2.51. The summed E-state index contributed by atoms with van der Waals surface area (Å²) >= 11 is 0. The number of ether oxygens (including phenoxy) is 2. The molecule has 0 aliphatic heterocycles. The quantitative estimate of drug-likeness (QED) is 0.544. The first-order valence-corrected chi connectivity index (χ1v) is 8.11. The molecular weight excluding hydrogens is 278 g/mol. The summed E-state index contributed by atoms with van der Waals surface area (Å²) in [5, 5.41) is 0. The van der Waals surface area contributed by atoms with Crippen LogP contribution in [0.2, 0.25) is 0 Å². The minimum Gasteiger partial charge on any atom is -0.497 e. The molecule has 1 rings (SSSR count). The molecule has 0 fully saturated rings. The van der Waals surface area contributed by atoms with Gasteiger partial charge >= 0.3 is 7.60 Å². The Morgan fingerprint density at radius 2 is 1.70 bits per heavy atom. The van der Waals surface area contributed by atoms with Crippen molar-refractivity contribution in [2.24, 2.45) is 0 Å². The normalized spacial score (nSPS) is 11.4. The van der Waals surface area contributed by atoms with Gasteiger partial charge in [0.05, 0.1) is 33.6 Å². The van der Waals surface area contributed by atoms with Crippen LogP contribution in [0.25, 0.3) is 0 Å². The lowest BCUT2D eigenvalue weighted by atomic mass is 9.90. The Bertz CT molecular complexity index is 482. The number of hydrogen-bond donors (Lipinski definition) is 0. The van der Waals surface area contributed by atoms with E-state index >= 15 is 0 Å². The van der Waals surface area contributed by atoms with Crippen molar-refractivity contribution in [1.82, 2.24) is 0 Å². The standard InChI is InChI=1S/C13H20BO5P/c1-5-18-20(15,19-6-2)9-10-7-11(16-3)8-12(17-4)13(10)14/h7-8H,5-6,9H2,1-4H3. The molecule has 0 spiro atoms. The van der Waals surface area contributed by atoms with Crippen LogP contribution in [0.3, 0.4) is 0 Å². The van der Waals surface area contributed by atoms with Crippen LogP contribution in [0.15, 0.2) is 12.1 Å². The van der Waals surface area contributed by atoms with E-state index < -0.39 is 7.60 Å². The van der Waals surface area contributed by atoms with Crippen molar-refractivity contribution in [2.75, 3.05) is 27.4 Å². The third-order valence-corrected chi connectivity index (χ3v) is 4.70. The third kappa shape index (κ3) is 4.27. The lowest BCUT2D eigenvalue weighted by Gasteiger charge is -2.19. The van der Waals surface area contributed by atoms with Gasteiger partial charge in [-0.15, -0.1) is 0 Å². The summed E-state index contributed by atoms with van der Waals surface area (Å²) in [6.07, 6.45) is 0.0775. The van der Waals surface area contributed by atoms with Crippen LogP contribution in [0.4, 0.5) is 0 Å². The fraction of sp³-hybridized carbons (Fsp3) is 0.538. The van der Waals surface area contributed by atoms with Crippen LogP contribution in [-0.4, -0.2) is 35.3 Å². The SMILES string of the molecule is [B]c1c(CP(=O)(OCC)OCC)cc(OC)cc1OC. The van der Waals surface area contributed by atoms with Crippen LogP contribution in [0.1, 0.15) is 19.4 Å². The van der Waals surface area contributed by atoms with Crippen molar-refractivity contribution in [3.8, 4) is 11.5 Å². The molecule has 0 unspecified atom stereocenters. The van der Waals surface area contributed by atoms with Gasteiger partial charge in [-0.05, 0) is 25.5 Å². The van der Waals surface area contributed by atoms with Gasteiger partial charge in [0.1, 0.15) is 19.3 Å². The van der Waals surface area contributed by atoms with Crippen molar-refractivity contribution >= 4 is 20.9 Å². The van der Waals surface area contributed by atoms with E-state index in [2.05, 4.69) is 0 Å². The van der Waals surface area contributed by atoms with E-state index in [4.69, 9.17) is 26.4 Å². The zero-order chi connectivity index (χ0) is 15.2. The summed E-state index contributed by atoms with van der Waals surface area (Å²) in [6.45, 7) is 4.14. The average molecular weight is 298 g/mol. The summed E-state index contributed by atoms with van der Waals surface area (Å²) in [4.78, 5) is 0. The minimum atomic E-state index is -3.22. The van der Waals surface area contributed by atoms with Crippen LogP contribution in [-0.2, 0) is 19.8 Å². The van der Waals surface area contributed by atoms with Crippen molar-refractivity contribution in [3.05, 3.63) is 17.7 Å². The molecule has 0 heterocycles. The molecule has 0 aromatic heterocycles. The lowest BCUT2D eigenvalue weighted by Crippen LogP contribution is -2.15. The second-order valence-electron chi connectivity index (χ2n) is 4.01. The summed E-state index contributed by atoms with van der Waals surface area (Å²) in [6, 6.07) is 3.38. The van der Waals surface area contributed by atoms with Gasteiger partial charge < -0.3 is 18.5 Å².